The first kappa shape index (κ1) is 26.4. The number of benzene rings is 1. The summed E-state index contributed by atoms with van der Waals surface area (Å²) >= 11 is 0. The SMILES string of the molecule is Cc1cc(C#N)nc(C)c1C(=O)N1CC2CN(CCC(c3ccccc3)C3CN(S(=O)(=O)C4CC4)C3)CC2C1. The molecule has 4 fully saturated rings. The van der Waals surface area contributed by atoms with Gasteiger partial charge in [0.2, 0.25) is 10.0 Å². The fourth-order valence-corrected chi connectivity index (χ4v) is 8.97. The Kier molecular flexibility index (Phi) is 6.98. The average molecular weight is 548 g/mol. The highest BCUT2D eigenvalue weighted by Gasteiger charge is 2.47. The van der Waals surface area contributed by atoms with Crippen molar-refractivity contribution in [2.24, 2.45) is 17.8 Å². The number of aryl methyl sites for hydroxylation is 2. The molecule has 0 bridgehead atoms. The van der Waals surface area contributed by atoms with Gasteiger partial charge in [-0.05, 0) is 80.5 Å². The molecule has 6 rings (SSSR count). The van der Waals surface area contributed by atoms with Crippen LogP contribution in [0.4, 0.5) is 0 Å². The van der Waals surface area contributed by atoms with Crippen molar-refractivity contribution in [2.75, 3.05) is 45.8 Å². The third kappa shape index (κ3) is 5.10. The number of carbonyl (C=O) groups excluding carboxylic acids is 1. The molecule has 1 amide bonds. The molecule has 3 saturated heterocycles. The number of aromatic nitrogens is 1. The van der Waals surface area contributed by atoms with Crippen LogP contribution in [0.2, 0.25) is 0 Å². The lowest BCUT2D eigenvalue weighted by molar-refractivity contribution is 0.0771. The van der Waals surface area contributed by atoms with Crippen LogP contribution < -0.4 is 0 Å². The fourth-order valence-electron chi connectivity index (χ4n) is 7.01. The summed E-state index contributed by atoms with van der Waals surface area (Å²) < 4.78 is 27.0. The van der Waals surface area contributed by atoms with Crippen molar-refractivity contribution in [3.8, 4) is 6.07 Å². The van der Waals surface area contributed by atoms with Crippen LogP contribution >= 0.6 is 0 Å². The van der Waals surface area contributed by atoms with Gasteiger partial charge in [0, 0.05) is 39.3 Å². The summed E-state index contributed by atoms with van der Waals surface area (Å²) in [6, 6.07) is 14.3. The van der Waals surface area contributed by atoms with Crippen molar-refractivity contribution in [1.29, 1.82) is 5.26 Å². The second kappa shape index (κ2) is 10.3. The van der Waals surface area contributed by atoms with E-state index in [4.69, 9.17) is 0 Å². The van der Waals surface area contributed by atoms with E-state index < -0.39 is 10.0 Å². The standard InChI is InChI=1S/C30H37N5O3S/c1-20-12-26(13-31)32-21(2)29(20)30(36)34-16-23-14-33(15-24(23)17-34)11-10-28(22-6-4-3-5-7-22)25-18-35(19-25)39(37,38)27-8-9-27/h3-7,12,23-25,27-28H,8-11,14-19H2,1-2H3. The van der Waals surface area contributed by atoms with E-state index in [2.05, 4.69) is 40.2 Å². The summed E-state index contributed by atoms with van der Waals surface area (Å²) in [4.78, 5) is 22.2. The molecule has 3 aliphatic heterocycles. The van der Waals surface area contributed by atoms with E-state index in [1.54, 1.807) is 10.4 Å². The molecule has 4 aliphatic rings. The zero-order valence-electron chi connectivity index (χ0n) is 22.8. The minimum Gasteiger partial charge on any atom is -0.338 e. The number of nitriles is 1. The van der Waals surface area contributed by atoms with Crippen LogP contribution in [0.1, 0.15) is 58.1 Å². The van der Waals surface area contributed by atoms with E-state index in [1.807, 2.05) is 24.8 Å². The Hall–Kier alpha value is -2.80. The van der Waals surface area contributed by atoms with Gasteiger partial charge in [-0.1, -0.05) is 30.3 Å². The summed E-state index contributed by atoms with van der Waals surface area (Å²) in [5, 5.41) is 9.04. The molecule has 39 heavy (non-hydrogen) atoms. The number of amides is 1. The van der Waals surface area contributed by atoms with Crippen molar-refractivity contribution >= 4 is 15.9 Å². The van der Waals surface area contributed by atoms with Gasteiger partial charge in [0.1, 0.15) is 11.8 Å². The van der Waals surface area contributed by atoms with Gasteiger partial charge in [-0.15, -0.1) is 0 Å². The zero-order chi connectivity index (χ0) is 27.3. The lowest BCUT2D eigenvalue weighted by atomic mass is 9.80. The van der Waals surface area contributed by atoms with Gasteiger partial charge >= 0.3 is 0 Å². The molecule has 9 heteroatoms. The maximum absolute atomic E-state index is 13.4. The Morgan fingerprint density at radius 3 is 2.31 bits per heavy atom. The van der Waals surface area contributed by atoms with Gasteiger partial charge < -0.3 is 9.80 Å². The first-order valence-electron chi connectivity index (χ1n) is 14.2. The normalized spacial score (nSPS) is 24.8. The van der Waals surface area contributed by atoms with E-state index in [0.29, 0.717) is 53.7 Å². The molecule has 8 nitrogen and oxygen atoms in total. The van der Waals surface area contributed by atoms with Crippen molar-refractivity contribution in [1.82, 2.24) is 19.1 Å². The first-order chi connectivity index (χ1) is 18.7. The van der Waals surface area contributed by atoms with E-state index in [9.17, 15) is 18.5 Å². The molecule has 1 aromatic heterocycles. The Labute approximate surface area is 231 Å². The number of sulfonamides is 1. The summed E-state index contributed by atoms with van der Waals surface area (Å²) in [6.45, 7) is 9.48. The lowest BCUT2D eigenvalue weighted by Gasteiger charge is -2.43. The molecule has 0 N–H and O–H groups in total. The smallest absolute Gasteiger partial charge is 0.255 e. The van der Waals surface area contributed by atoms with Gasteiger partial charge in [0.05, 0.1) is 16.5 Å². The number of pyridine rings is 1. The molecule has 1 aromatic carbocycles. The first-order valence-corrected chi connectivity index (χ1v) is 15.7. The van der Waals surface area contributed by atoms with Crippen molar-refractivity contribution in [3.05, 3.63) is 64.5 Å². The van der Waals surface area contributed by atoms with Crippen molar-refractivity contribution in [2.45, 2.75) is 44.3 Å². The van der Waals surface area contributed by atoms with E-state index in [1.165, 1.54) is 5.56 Å². The predicted molar refractivity (Wildman–Crippen MR) is 149 cm³/mol. The van der Waals surface area contributed by atoms with Crippen LogP contribution in [-0.2, 0) is 10.0 Å². The van der Waals surface area contributed by atoms with Crippen LogP contribution in [0.15, 0.2) is 36.4 Å². The molecule has 206 valence electrons. The molecule has 1 aliphatic carbocycles. The van der Waals surface area contributed by atoms with Gasteiger partial charge in [-0.25, -0.2) is 17.7 Å². The van der Waals surface area contributed by atoms with Crippen molar-refractivity contribution < 1.29 is 13.2 Å². The molecule has 0 radical (unpaired) electrons. The molecule has 3 atom stereocenters. The number of hydrogen-bond acceptors (Lipinski definition) is 6. The van der Waals surface area contributed by atoms with Gasteiger partial charge in [0.15, 0.2) is 0 Å². The third-order valence-electron chi connectivity index (χ3n) is 9.31. The highest BCUT2D eigenvalue weighted by Crippen LogP contribution is 2.41. The Bertz CT molecular complexity index is 1360. The molecule has 0 spiro atoms. The Morgan fingerprint density at radius 1 is 1.05 bits per heavy atom. The highest BCUT2D eigenvalue weighted by atomic mass is 32.2. The molecule has 4 heterocycles. The van der Waals surface area contributed by atoms with E-state index in [-0.39, 0.29) is 11.2 Å². The second-order valence-corrected chi connectivity index (χ2v) is 14.2. The van der Waals surface area contributed by atoms with Gasteiger partial charge in [-0.3, -0.25) is 4.79 Å². The number of hydrogen-bond donors (Lipinski definition) is 0. The van der Waals surface area contributed by atoms with Gasteiger partial charge in [-0.2, -0.15) is 5.26 Å². The maximum atomic E-state index is 13.4. The monoisotopic (exact) mass is 547 g/mol. The number of likely N-dealkylation sites (tertiary alicyclic amines) is 2. The number of carbonyl (C=O) groups is 1. The molecular weight excluding hydrogens is 510 g/mol. The van der Waals surface area contributed by atoms with Gasteiger partial charge in [0.25, 0.3) is 5.91 Å². The zero-order valence-corrected chi connectivity index (χ0v) is 23.6. The highest BCUT2D eigenvalue weighted by molar-refractivity contribution is 7.90. The Morgan fingerprint density at radius 2 is 1.72 bits per heavy atom. The Balaban J connectivity index is 1.05. The molecule has 2 aromatic rings. The third-order valence-corrected chi connectivity index (χ3v) is 11.6. The number of rotatable bonds is 8. The largest absolute Gasteiger partial charge is 0.338 e. The topological polar surface area (TPSA) is 97.6 Å². The molecule has 1 saturated carbocycles. The van der Waals surface area contributed by atoms with Crippen LogP contribution in [0.5, 0.6) is 0 Å². The van der Waals surface area contributed by atoms with Crippen LogP contribution in [-0.4, -0.2) is 84.5 Å². The average Bonchev–Trinajstić information content (AvgIpc) is 3.58. The van der Waals surface area contributed by atoms with Crippen LogP contribution in [0.3, 0.4) is 0 Å². The summed E-state index contributed by atoms with van der Waals surface area (Å²) in [7, 11) is -3.09. The fraction of sp³-hybridized carbons (Fsp3) is 0.567. The van der Waals surface area contributed by atoms with E-state index >= 15 is 0 Å². The number of fused-ring (bicyclic) bond motifs is 1. The summed E-state index contributed by atoms with van der Waals surface area (Å²) in [5.41, 5.74) is 3.73. The predicted octanol–water partition coefficient (Wildman–Crippen LogP) is 3.17. The van der Waals surface area contributed by atoms with Crippen molar-refractivity contribution in [3.63, 3.8) is 0 Å². The summed E-state index contributed by atoms with van der Waals surface area (Å²) in [5.74, 6) is 1.69. The molecule has 3 unspecified atom stereocenters. The van der Waals surface area contributed by atoms with E-state index in [0.717, 1.165) is 57.5 Å². The number of nitrogens with zero attached hydrogens (tertiary/aromatic N) is 5. The van der Waals surface area contributed by atoms with Crippen LogP contribution in [0.25, 0.3) is 0 Å². The van der Waals surface area contributed by atoms with Crippen LogP contribution in [0, 0.1) is 42.9 Å². The lowest BCUT2D eigenvalue weighted by Crippen LogP contribution is -2.53. The quantitative estimate of drug-likeness (QED) is 0.504. The minimum atomic E-state index is -3.09. The summed E-state index contributed by atoms with van der Waals surface area (Å²) in [6.07, 6.45) is 2.65. The second-order valence-electron chi connectivity index (χ2n) is 12.0. The minimum absolute atomic E-state index is 0.0303. The molecular formula is C30H37N5O3S. The maximum Gasteiger partial charge on any atom is 0.255 e.